The van der Waals surface area contributed by atoms with Crippen LogP contribution in [0.5, 0.6) is 0 Å². The van der Waals surface area contributed by atoms with Gasteiger partial charge in [-0.05, 0) is 37.5 Å². The van der Waals surface area contributed by atoms with Gasteiger partial charge in [0, 0.05) is 38.5 Å². The summed E-state index contributed by atoms with van der Waals surface area (Å²) in [6.45, 7) is 6.86. The van der Waals surface area contributed by atoms with Crippen LogP contribution in [-0.2, 0) is 17.9 Å². The van der Waals surface area contributed by atoms with Gasteiger partial charge in [0.05, 0.1) is 6.54 Å². The maximum Gasteiger partial charge on any atom is 0.222 e. The first kappa shape index (κ1) is 16.1. The van der Waals surface area contributed by atoms with E-state index in [0.717, 1.165) is 69.6 Å². The maximum atomic E-state index is 12.6. The molecule has 0 bridgehead atoms. The zero-order valence-corrected chi connectivity index (χ0v) is 14.7. The third-order valence-electron chi connectivity index (χ3n) is 6.13. The molecule has 1 aliphatic carbocycles. The van der Waals surface area contributed by atoms with Gasteiger partial charge in [-0.3, -0.25) is 4.79 Å². The van der Waals surface area contributed by atoms with Crippen molar-refractivity contribution in [2.24, 2.45) is 11.8 Å². The Balaban J connectivity index is 1.32. The Kier molecular flexibility index (Phi) is 4.57. The van der Waals surface area contributed by atoms with Crippen LogP contribution < -0.4 is 5.32 Å². The number of carbonyl (C=O) groups is 1. The van der Waals surface area contributed by atoms with Crippen molar-refractivity contribution in [3.8, 4) is 0 Å². The van der Waals surface area contributed by atoms with Crippen molar-refractivity contribution >= 4 is 5.91 Å². The average molecular weight is 331 g/mol. The van der Waals surface area contributed by atoms with E-state index in [0.29, 0.717) is 17.7 Å². The predicted molar refractivity (Wildman–Crippen MR) is 91.4 cm³/mol. The summed E-state index contributed by atoms with van der Waals surface area (Å²) in [5.74, 6) is 4.47. The third-order valence-corrected chi connectivity index (χ3v) is 6.13. The molecule has 132 valence electrons. The van der Waals surface area contributed by atoms with E-state index in [1.54, 1.807) is 0 Å². The molecule has 2 aliphatic heterocycles. The minimum atomic E-state index is 0.375. The van der Waals surface area contributed by atoms with Crippen LogP contribution in [0.1, 0.15) is 63.0 Å². The Bertz CT molecular complexity index is 590. The number of piperidine rings is 1. The van der Waals surface area contributed by atoms with Gasteiger partial charge in [0.25, 0.3) is 0 Å². The quantitative estimate of drug-likeness (QED) is 0.919. The van der Waals surface area contributed by atoms with Gasteiger partial charge in [-0.1, -0.05) is 13.3 Å². The fourth-order valence-electron chi connectivity index (χ4n) is 4.69. The van der Waals surface area contributed by atoms with Crippen molar-refractivity contribution in [2.45, 2.75) is 64.5 Å². The molecule has 1 N–H and O–H groups in total. The molecular weight excluding hydrogens is 302 g/mol. The molecular formula is C18H29N5O. The molecule has 1 amide bonds. The maximum absolute atomic E-state index is 12.6. The number of aromatic nitrogens is 3. The highest BCUT2D eigenvalue weighted by molar-refractivity contribution is 5.76. The van der Waals surface area contributed by atoms with Gasteiger partial charge in [-0.15, -0.1) is 10.2 Å². The van der Waals surface area contributed by atoms with Crippen molar-refractivity contribution in [1.29, 1.82) is 0 Å². The van der Waals surface area contributed by atoms with Crippen LogP contribution in [-0.4, -0.2) is 45.2 Å². The number of fused-ring (bicyclic) bond motifs is 1. The second-order valence-corrected chi connectivity index (χ2v) is 7.95. The van der Waals surface area contributed by atoms with Gasteiger partial charge in [-0.25, -0.2) is 0 Å². The topological polar surface area (TPSA) is 63.1 Å². The normalized spacial score (nSPS) is 28.1. The molecule has 2 atom stereocenters. The van der Waals surface area contributed by atoms with Crippen LogP contribution >= 0.6 is 0 Å². The second kappa shape index (κ2) is 6.82. The Hall–Kier alpha value is -1.43. The Morgan fingerprint density at radius 1 is 1.17 bits per heavy atom. The summed E-state index contributed by atoms with van der Waals surface area (Å²) in [6.07, 6.45) is 6.59. The fraction of sp³-hybridized carbons (Fsp3) is 0.833. The highest BCUT2D eigenvalue weighted by atomic mass is 16.2. The van der Waals surface area contributed by atoms with Crippen LogP contribution in [0.25, 0.3) is 0 Å². The molecule has 6 nitrogen and oxygen atoms in total. The van der Waals surface area contributed by atoms with Crippen molar-refractivity contribution < 1.29 is 4.79 Å². The number of hydrogen-bond acceptors (Lipinski definition) is 4. The van der Waals surface area contributed by atoms with Crippen LogP contribution in [0.15, 0.2) is 0 Å². The first-order valence-electron chi connectivity index (χ1n) is 9.61. The molecule has 1 aromatic heterocycles. The number of nitrogens with one attached hydrogen (secondary N) is 1. The molecule has 2 fully saturated rings. The molecule has 1 saturated heterocycles. The lowest BCUT2D eigenvalue weighted by Crippen LogP contribution is -2.39. The minimum Gasteiger partial charge on any atom is -0.343 e. The summed E-state index contributed by atoms with van der Waals surface area (Å²) in [4.78, 5) is 14.7. The van der Waals surface area contributed by atoms with Crippen LogP contribution in [0, 0.1) is 11.8 Å². The van der Waals surface area contributed by atoms with Gasteiger partial charge in [0.1, 0.15) is 11.6 Å². The van der Waals surface area contributed by atoms with E-state index in [4.69, 9.17) is 0 Å². The highest BCUT2D eigenvalue weighted by Gasteiger charge is 2.30. The van der Waals surface area contributed by atoms with Crippen molar-refractivity contribution in [3.63, 3.8) is 0 Å². The van der Waals surface area contributed by atoms with E-state index in [2.05, 4.69) is 31.9 Å². The average Bonchev–Trinajstić information content (AvgIpc) is 3.21. The van der Waals surface area contributed by atoms with Gasteiger partial charge in [-0.2, -0.15) is 0 Å². The van der Waals surface area contributed by atoms with E-state index in [1.807, 2.05) is 0 Å². The van der Waals surface area contributed by atoms with E-state index in [-0.39, 0.29) is 0 Å². The predicted octanol–water partition coefficient (Wildman–Crippen LogP) is 1.91. The van der Waals surface area contributed by atoms with Crippen molar-refractivity contribution in [3.05, 3.63) is 11.6 Å². The smallest absolute Gasteiger partial charge is 0.222 e. The summed E-state index contributed by atoms with van der Waals surface area (Å²) in [7, 11) is 0. The lowest BCUT2D eigenvalue weighted by molar-refractivity contribution is -0.133. The fourth-order valence-corrected chi connectivity index (χ4v) is 4.69. The molecule has 24 heavy (non-hydrogen) atoms. The van der Waals surface area contributed by atoms with Gasteiger partial charge < -0.3 is 14.8 Å². The number of nitrogens with zero attached hydrogens (tertiary/aromatic N) is 4. The first-order chi connectivity index (χ1) is 11.7. The molecule has 1 saturated carbocycles. The molecule has 0 aromatic carbocycles. The van der Waals surface area contributed by atoms with Crippen LogP contribution in [0.2, 0.25) is 0 Å². The molecule has 4 rings (SSSR count). The first-order valence-corrected chi connectivity index (χ1v) is 9.61. The summed E-state index contributed by atoms with van der Waals surface area (Å²) in [6, 6.07) is 0. The molecule has 3 heterocycles. The number of rotatable bonds is 3. The van der Waals surface area contributed by atoms with E-state index in [1.165, 1.54) is 19.3 Å². The second-order valence-electron chi connectivity index (χ2n) is 7.95. The summed E-state index contributed by atoms with van der Waals surface area (Å²) >= 11 is 0. The number of likely N-dealkylation sites (tertiary alicyclic amines) is 1. The third kappa shape index (κ3) is 3.21. The van der Waals surface area contributed by atoms with Crippen molar-refractivity contribution in [1.82, 2.24) is 25.0 Å². The Morgan fingerprint density at radius 3 is 2.75 bits per heavy atom. The molecule has 3 aliphatic rings. The minimum absolute atomic E-state index is 0.375. The SMILES string of the molecule is CC1CCC(CC(=O)N2CCC(c3nnc4n3CCNC4)CC2)C1. The van der Waals surface area contributed by atoms with E-state index in [9.17, 15) is 4.79 Å². The molecule has 0 spiro atoms. The van der Waals surface area contributed by atoms with Gasteiger partial charge in [0.15, 0.2) is 0 Å². The summed E-state index contributed by atoms with van der Waals surface area (Å²) in [5, 5.41) is 12.1. The standard InChI is InChI=1S/C18H29N5O/c1-13-2-3-14(10-13)11-17(24)22-7-4-15(5-8-22)18-21-20-16-12-19-6-9-23(16)18/h13-15,19H,2-12H2,1H3. The molecule has 6 heteroatoms. The van der Waals surface area contributed by atoms with Gasteiger partial charge in [0.2, 0.25) is 5.91 Å². The van der Waals surface area contributed by atoms with Crippen LogP contribution in [0.4, 0.5) is 0 Å². The molecule has 0 radical (unpaired) electrons. The Morgan fingerprint density at radius 2 is 2.00 bits per heavy atom. The van der Waals surface area contributed by atoms with E-state index < -0.39 is 0 Å². The van der Waals surface area contributed by atoms with Gasteiger partial charge >= 0.3 is 0 Å². The number of amides is 1. The monoisotopic (exact) mass is 331 g/mol. The lowest BCUT2D eigenvalue weighted by atomic mass is 9.94. The zero-order valence-electron chi connectivity index (χ0n) is 14.7. The zero-order chi connectivity index (χ0) is 16.5. The largest absolute Gasteiger partial charge is 0.343 e. The van der Waals surface area contributed by atoms with E-state index >= 15 is 0 Å². The highest BCUT2D eigenvalue weighted by Crippen LogP contribution is 2.34. The molecule has 2 unspecified atom stereocenters. The summed E-state index contributed by atoms with van der Waals surface area (Å²) in [5.41, 5.74) is 0. The van der Waals surface area contributed by atoms with Crippen molar-refractivity contribution in [2.75, 3.05) is 19.6 Å². The lowest BCUT2D eigenvalue weighted by Gasteiger charge is -2.32. The number of carbonyl (C=O) groups excluding carboxylic acids is 1. The number of hydrogen-bond donors (Lipinski definition) is 1. The van der Waals surface area contributed by atoms with Crippen LogP contribution in [0.3, 0.4) is 0 Å². The molecule has 1 aromatic rings. The Labute approximate surface area is 144 Å². The summed E-state index contributed by atoms with van der Waals surface area (Å²) < 4.78 is 2.29.